The number of benzene rings is 2. The van der Waals surface area contributed by atoms with E-state index in [1.54, 1.807) is 12.1 Å². The van der Waals surface area contributed by atoms with Crippen LogP contribution in [0.15, 0.2) is 42.5 Å². The van der Waals surface area contributed by atoms with Crippen molar-refractivity contribution in [2.75, 3.05) is 5.32 Å². The zero-order valence-corrected chi connectivity index (χ0v) is 11.6. The van der Waals surface area contributed by atoms with Gasteiger partial charge >= 0.3 is 0 Å². The second-order valence-corrected chi connectivity index (χ2v) is 4.91. The van der Waals surface area contributed by atoms with Gasteiger partial charge in [-0.15, -0.1) is 0 Å². The number of amides is 1. The van der Waals surface area contributed by atoms with E-state index in [9.17, 15) is 9.18 Å². The summed E-state index contributed by atoms with van der Waals surface area (Å²) in [5.41, 5.74) is 8.01. The summed E-state index contributed by atoms with van der Waals surface area (Å²) in [6.07, 6.45) is 0. The molecule has 0 aliphatic rings. The molecule has 1 atom stereocenters. The van der Waals surface area contributed by atoms with E-state index in [1.807, 2.05) is 19.1 Å². The van der Waals surface area contributed by atoms with Gasteiger partial charge in [0.25, 0.3) is 0 Å². The van der Waals surface area contributed by atoms with Gasteiger partial charge in [0, 0.05) is 0 Å². The van der Waals surface area contributed by atoms with Gasteiger partial charge in [-0.1, -0.05) is 41.4 Å². The van der Waals surface area contributed by atoms with E-state index in [0.717, 1.165) is 11.6 Å². The lowest BCUT2D eigenvalue weighted by molar-refractivity contribution is -0.117. The summed E-state index contributed by atoms with van der Waals surface area (Å²) in [6, 6.07) is 10.3. The number of halogens is 2. The Bertz CT molecular complexity index is 628. The number of hydrogen-bond acceptors (Lipinski definition) is 2. The van der Waals surface area contributed by atoms with Crippen LogP contribution >= 0.6 is 11.6 Å². The maximum absolute atomic E-state index is 12.9. The van der Waals surface area contributed by atoms with Crippen LogP contribution in [-0.4, -0.2) is 5.91 Å². The quantitative estimate of drug-likeness (QED) is 0.910. The highest BCUT2D eigenvalue weighted by molar-refractivity contribution is 6.33. The van der Waals surface area contributed by atoms with E-state index in [0.29, 0.717) is 11.3 Å². The van der Waals surface area contributed by atoms with E-state index < -0.39 is 17.8 Å². The van der Waals surface area contributed by atoms with Crippen LogP contribution in [0, 0.1) is 12.7 Å². The van der Waals surface area contributed by atoms with Crippen LogP contribution in [0.25, 0.3) is 0 Å². The Kier molecular flexibility index (Phi) is 4.37. The Morgan fingerprint density at radius 2 is 1.90 bits per heavy atom. The smallest absolute Gasteiger partial charge is 0.245 e. The number of aryl methyl sites for hydroxylation is 1. The first-order valence-electron chi connectivity index (χ1n) is 6.05. The lowest BCUT2D eigenvalue weighted by Crippen LogP contribution is -2.27. The maximum Gasteiger partial charge on any atom is 0.245 e. The molecule has 2 rings (SSSR count). The largest absolute Gasteiger partial charge is 0.323 e. The number of carbonyl (C=O) groups excluding carboxylic acids is 1. The van der Waals surface area contributed by atoms with Gasteiger partial charge in [-0.3, -0.25) is 4.79 Å². The molecule has 0 saturated heterocycles. The van der Waals surface area contributed by atoms with E-state index in [1.165, 1.54) is 12.1 Å². The second kappa shape index (κ2) is 6.03. The molecule has 5 heteroatoms. The monoisotopic (exact) mass is 292 g/mol. The fraction of sp³-hybridized carbons (Fsp3) is 0.133. The van der Waals surface area contributed by atoms with Crippen molar-refractivity contribution < 1.29 is 9.18 Å². The van der Waals surface area contributed by atoms with Crippen LogP contribution in [0.1, 0.15) is 17.2 Å². The third-order valence-corrected chi connectivity index (χ3v) is 3.22. The van der Waals surface area contributed by atoms with Gasteiger partial charge < -0.3 is 11.1 Å². The van der Waals surface area contributed by atoms with E-state index in [-0.39, 0.29) is 5.02 Å². The molecule has 0 fully saturated rings. The maximum atomic E-state index is 12.9. The summed E-state index contributed by atoms with van der Waals surface area (Å²) in [5.74, 6) is -0.863. The minimum absolute atomic E-state index is 0.134. The molecular formula is C15H14ClFN2O. The second-order valence-electron chi connectivity index (χ2n) is 4.50. The van der Waals surface area contributed by atoms with Crippen molar-refractivity contribution in [1.29, 1.82) is 0 Å². The summed E-state index contributed by atoms with van der Waals surface area (Å²) in [5, 5.41) is 2.72. The number of nitrogens with two attached hydrogens (primary N) is 1. The standard InChI is InChI=1S/C15H14ClFN2O/c1-9-2-4-10(5-3-9)14(18)15(20)19-13-7-6-11(17)8-12(13)16/h2-8,14H,18H2,1H3,(H,19,20). The summed E-state index contributed by atoms with van der Waals surface area (Å²) >= 11 is 5.85. The topological polar surface area (TPSA) is 55.1 Å². The summed E-state index contributed by atoms with van der Waals surface area (Å²) in [7, 11) is 0. The number of anilines is 1. The number of rotatable bonds is 3. The molecule has 1 unspecified atom stereocenters. The van der Waals surface area contributed by atoms with E-state index >= 15 is 0 Å². The van der Waals surface area contributed by atoms with Gasteiger partial charge in [-0.05, 0) is 30.7 Å². The van der Waals surface area contributed by atoms with Crippen LogP contribution < -0.4 is 11.1 Å². The molecule has 104 valence electrons. The molecule has 0 aliphatic heterocycles. The van der Waals surface area contributed by atoms with Gasteiger partial charge in [0.2, 0.25) is 5.91 Å². The van der Waals surface area contributed by atoms with Crippen molar-refractivity contribution >= 4 is 23.2 Å². The average molecular weight is 293 g/mol. The number of carbonyl (C=O) groups is 1. The lowest BCUT2D eigenvalue weighted by Gasteiger charge is -2.13. The Balaban J connectivity index is 2.13. The lowest BCUT2D eigenvalue weighted by atomic mass is 10.1. The van der Waals surface area contributed by atoms with Crippen molar-refractivity contribution in [1.82, 2.24) is 0 Å². The van der Waals surface area contributed by atoms with Gasteiger partial charge in [0.1, 0.15) is 11.9 Å². The van der Waals surface area contributed by atoms with Crippen molar-refractivity contribution in [3.8, 4) is 0 Å². The highest BCUT2D eigenvalue weighted by Gasteiger charge is 2.16. The molecule has 2 aromatic rings. The highest BCUT2D eigenvalue weighted by Crippen LogP contribution is 2.23. The summed E-state index contributed by atoms with van der Waals surface area (Å²) < 4.78 is 12.9. The fourth-order valence-corrected chi connectivity index (χ4v) is 1.94. The fourth-order valence-electron chi connectivity index (χ4n) is 1.73. The van der Waals surface area contributed by atoms with Gasteiger partial charge in [0.15, 0.2) is 0 Å². The van der Waals surface area contributed by atoms with Crippen LogP contribution in [0.3, 0.4) is 0 Å². The average Bonchev–Trinajstić information content (AvgIpc) is 2.42. The molecular weight excluding hydrogens is 279 g/mol. The minimum Gasteiger partial charge on any atom is -0.323 e. The molecule has 0 aliphatic carbocycles. The molecule has 0 aromatic heterocycles. The van der Waals surface area contributed by atoms with E-state index in [2.05, 4.69) is 5.32 Å². The predicted molar refractivity (Wildman–Crippen MR) is 78.1 cm³/mol. The van der Waals surface area contributed by atoms with Gasteiger partial charge in [-0.2, -0.15) is 0 Å². The zero-order valence-electron chi connectivity index (χ0n) is 10.9. The molecule has 20 heavy (non-hydrogen) atoms. The molecule has 3 N–H and O–H groups in total. The molecule has 3 nitrogen and oxygen atoms in total. The highest BCUT2D eigenvalue weighted by atomic mass is 35.5. The van der Waals surface area contributed by atoms with Gasteiger partial charge in [0.05, 0.1) is 10.7 Å². The first kappa shape index (κ1) is 14.5. The summed E-state index contributed by atoms with van der Waals surface area (Å²) in [4.78, 5) is 12.0. The van der Waals surface area contributed by atoms with Crippen molar-refractivity contribution in [3.05, 3.63) is 64.4 Å². The molecule has 0 saturated carbocycles. The minimum atomic E-state index is -0.809. The molecule has 1 amide bonds. The predicted octanol–water partition coefficient (Wildman–Crippen LogP) is 3.43. The molecule has 0 radical (unpaired) electrons. The van der Waals surface area contributed by atoms with Crippen LogP contribution in [0.4, 0.5) is 10.1 Å². The SMILES string of the molecule is Cc1ccc(C(N)C(=O)Nc2ccc(F)cc2Cl)cc1. The van der Waals surface area contributed by atoms with Crippen molar-refractivity contribution in [3.63, 3.8) is 0 Å². The summed E-state index contributed by atoms with van der Waals surface area (Å²) in [6.45, 7) is 1.95. The molecule has 0 spiro atoms. The Hall–Kier alpha value is -1.91. The zero-order chi connectivity index (χ0) is 14.7. The van der Waals surface area contributed by atoms with Crippen LogP contribution in [0.5, 0.6) is 0 Å². The molecule has 0 bridgehead atoms. The first-order valence-corrected chi connectivity index (χ1v) is 6.43. The van der Waals surface area contributed by atoms with Crippen molar-refractivity contribution in [2.24, 2.45) is 5.73 Å². The Morgan fingerprint density at radius 1 is 1.25 bits per heavy atom. The Labute approximate surface area is 121 Å². The number of hydrogen-bond donors (Lipinski definition) is 2. The molecule has 0 heterocycles. The first-order chi connectivity index (χ1) is 9.47. The van der Waals surface area contributed by atoms with Crippen molar-refractivity contribution in [2.45, 2.75) is 13.0 Å². The normalized spacial score (nSPS) is 12.0. The number of nitrogens with one attached hydrogen (secondary N) is 1. The van der Waals surface area contributed by atoms with Crippen LogP contribution in [-0.2, 0) is 4.79 Å². The molecule has 2 aromatic carbocycles. The Morgan fingerprint density at radius 3 is 2.50 bits per heavy atom. The van der Waals surface area contributed by atoms with E-state index in [4.69, 9.17) is 17.3 Å². The third-order valence-electron chi connectivity index (χ3n) is 2.91. The third kappa shape index (κ3) is 3.35. The van der Waals surface area contributed by atoms with Crippen LogP contribution in [0.2, 0.25) is 5.02 Å². The van der Waals surface area contributed by atoms with Gasteiger partial charge in [-0.25, -0.2) is 4.39 Å².